The molecule has 106 valence electrons. The second-order valence-electron chi connectivity index (χ2n) is 5.61. The van der Waals surface area contributed by atoms with Crippen molar-refractivity contribution in [2.24, 2.45) is 5.92 Å². The van der Waals surface area contributed by atoms with Crippen LogP contribution >= 0.6 is 0 Å². The van der Waals surface area contributed by atoms with Crippen LogP contribution < -0.4 is 5.32 Å². The first-order valence-corrected chi connectivity index (χ1v) is 7.38. The molecule has 1 fully saturated rings. The highest BCUT2D eigenvalue weighted by Gasteiger charge is 2.26. The average Bonchev–Trinajstić information content (AvgIpc) is 2.49. The summed E-state index contributed by atoms with van der Waals surface area (Å²) in [5, 5.41) is 13.4. The molecule has 2 aliphatic heterocycles. The molecular weight excluding hydrogens is 248 g/mol. The third-order valence-electron chi connectivity index (χ3n) is 4.09. The molecule has 0 saturated carbocycles. The maximum absolute atomic E-state index is 10.1. The van der Waals surface area contributed by atoms with Crippen LogP contribution in [-0.2, 0) is 6.54 Å². The number of hydrogen-bond donors (Lipinski definition) is 2. The Morgan fingerprint density at radius 2 is 2.10 bits per heavy atom. The molecule has 1 aromatic rings. The van der Waals surface area contributed by atoms with Crippen molar-refractivity contribution in [2.45, 2.75) is 19.1 Å². The predicted molar refractivity (Wildman–Crippen MR) is 81.1 cm³/mol. The summed E-state index contributed by atoms with van der Waals surface area (Å²) in [6.45, 7) is 3.56. The van der Waals surface area contributed by atoms with E-state index in [1.54, 1.807) is 0 Å². The van der Waals surface area contributed by atoms with Gasteiger partial charge in [-0.15, -0.1) is 0 Å². The Kier molecular flexibility index (Phi) is 4.19. The monoisotopic (exact) mass is 270 g/mol. The summed E-state index contributed by atoms with van der Waals surface area (Å²) in [7, 11) is 0. The van der Waals surface area contributed by atoms with Gasteiger partial charge in [0.1, 0.15) is 0 Å². The lowest BCUT2D eigenvalue weighted by Gasteiger charge is -2.32. The molecule has 2 N–H and O–H groups in total. The van der Waals surface area contributed by atoms with Crippen molar-refractivity contribution >= 4 is 0 Å². The van der Waals surface area contributed by atoms with Gasteiger partial charge in [-0.2, -0.15) is 0 Å². The molecule has 0 bridgehead atoms. The van der Waals surface area contributed by atoms with Gasteiger partial charge in [-0.3, -0.25) is 0 Å². The molecule has 0 spiro atoms. The van der Waals surface area contributed by atoms with Crippen molar-refractivity contribution in [2.75, 3.05) is 19.6 Å². The minimum absolute atomic E-state index is 0.267. The fourth-order valence-electron chi connectivity index (χ4n) is 3.01. The normalized spacial score (nSPS) is 26.4. The molecule has 2 unspecified atom stereocenters. The van der Waals surface area contributed by atoms with Crippen LogP contribution in [0.4, 0.5) is 0 Å². The van der Waals surface area contributed by atoms with Crippen LogP contribution in [0.3, 0.4) is 0 Å². The van der Waals surface area contributed by atoms with Crippen LogP contribution in [-0.4, -0.2) is 35.7 Å². The van der Waals surface area contributed by atoms with Crippen molar-refractivity contribution < 1.29 is 5.11 Å². The Labute approximate surface area is 120 Å². The van der Waals surface area contributed by atoms with Crippen molar-refractivity contribution in [1.29, 1.82) is 0 Å². The first-order valence-electron chi connectivity index (χ1n) is 7.38. The molecule has 1 saturated heterocycles. The highest BCUT2D eigenvalue weighted by molar-refractivity contribution is 5.27. The first kappa shape index (κ1) is 13.4. The Bertz CT molecular complexity index is 495. The van der Waals surface area contributed by atoms with E-state index in [0.29, 0.717) is 6.54 Å². The lowest BCUT2D eigenvalue weighted by Crippen LogP contribution is -2.41. The van der Waals surface area contributed by atoms with Crippen molar-refractivity contribution in [3.8, 4) is 0 Å². The van der Waals surface area contributed by atoms with Gasteiger partial charge in [-0.25, -0.2) is 0 Å². The second-order valence-corrected chi connectivity index (χ2v) is 5.61. The maximum atomic E-state index is 10.1. The van der Waals surface area contributed by atoms with Crippen LogP contribution in [0.25, 0.3) is 0 Å². The summed E-state index contributed by atoms with van der Waals surface area (Å²) in [5.41, 5.74) is 2.59. The van der Waals surface area contributed by atoms with Gasteiger partial charge < -0.3 is 15.3 Å². The van der Waals surface area contributed by atoms with E-state index in [1.165, 1.54) is 11.1 Å². The summed E-state index contributed by atoms with van der Waals surface area (Å²) < 4.78 is 0. The van der Waals surface area contributed by atoms with Gasteiger partial charge in [0.15, 0.2) is 0 Å². The van der Waals surface area contributed by atoms with E-state index in [4.69, 9.17) is 0 Å². The fraction of sp³-hybridized carbons (Fsp3) is 0.412. The highest BCUT2D eigenvalue weighted by Crippen LogP contribution is 2.26. The second kappa shape index (κ2) is 6.25. The molecule has 2 aliphatic rings. The summed E-state index contributed by atoms with van der Waals surface area (Å²) in [4.78, 5) is 2.32. The number of allylic oxidation sites excluding steroid dienone is 1. The molecule has 0 aromatic heterocycles. The molecule has 0 aliphatic carbocycles. The topological polar surface area (TPSA) is 35.5 Å². The summed E-state index contributed by atoms with van der Waals surface area (Å²) in [6, 6.07) is 10.5. The van der Waals surface area contributed by atoms with Gasteiger partial charge in [0.05, 0.1) is 6.10 Å². The Hall–Kier alpha value is -1.58. The molecule has 1 aromatic carbocycles. The highest BCUT2D eigenvalue weighted by atomic mass is 16.3. The predicted octanol–water partition coefficient (Wildman–Crippen LogP) is 1.91. The molecule has 3 heteroatoms. The quantitative estimate of drug-likeness (QED) is 0.881. The largest absolute Gasteiger partial charge is 0.391 e. The standard InChI is InChI=1S/C17H22N2O/c20-17-11-18-9-8-16(17)15-7-4-10-19(13-15)12-14-5-2-1-3-6-14/h1-7,13,16-18,20H,8-12H2. The zero-order valence-corrected chi connectivity index (χ0v) is 11.7. The van der Waals surface area contributed by atoms with E-state index in [0.717, 1.165) is 26.1 Å². The van der Waals surface area contributed by atoms with E-state index in [-0.39, 0.29) is 12.0 Å². The minimum Gasteiger partial charge on any atom is -0.391 e. The van der Waals surface area contributed by atoms with Gasteiger partial charge in [0, 0.05) is 31.8 Å². The number of rotatable bonds is 3. The number of hydrogen-bond acceptors (Lipinski definition) is 3. The smallest absolute Gasteiger partial charge is 0.0733 e. The number of piperidine rings is 1. The molecule has 2 atom stereocenters. The molecular formula is C17H22N2O. The number of benzene rings is 1. The van der Waals surface area contributed by atoms with Crippen LogP contribution in [0.15, 0.2) is 54.3 Å². The fourth-order valence-corrected chi connectivity index (χ4v) is 3.01. The summed E-state index contributed by atoms with van der Waals surface area (Å²) in [6.07, 6.45) is 7.35. The van der Waals surface area contributed by atoms with Gasteiger partial charge in [0.2, 0.25) is 0 Å². The molecule has 3 rings (SSSR count). The number of nitrogens with zero attached hydrogens (tertiary/aromatic N) is 1. The number of aliphatic hydroxyl groups is 1. The van der Waals surface area contributed by atoms with Crippen molar-refractivity contribution in [1.82, 2.24) is 10.2 Å². The van der Waals surface area contributed by atoms with Crippen LogP contribution in [0, 0.1) is 5.92 Å². The van der Waals surface area contributed by atoms with Crippen molar-refractivity contribution in [3.63, 3.8) is 0 Å². The number of β-amino-alcohol motifs (C(OH)–C–C–N with tert-alkyl or cyclic N) is 1. The van der Waals surface area contributed by atoms with E-state index in [2.05, 4.69) is 52.8 Å². The summed E-state index contributed by atoms with van der Waals surface area (Å²) in [5.74, 6) is 0.270. The minimum atomic E-state index is -0.267. The lowest BCUT2D eigenvalue weighted by atomic mass is 9.87. The molecule has 0 radical (unpaired) electrons. The van der Waals surface area contributed by atoms with E-state index in [1.807, 2.05) is 6.07 Å². The van der Waals surface area contributed by atoms with Gasteiger partial charge in [-0.1, -0.05) is 42.5 Å². The van der Waals surface area contributed by atoms with E-state index in [9.17, 15) is 5.11 Å². The molecule has 0 amide bonds. The molecule has 3 nitrogen and oxygen atoms in total. The maximum Gasteiger partial charge on any atom is 0.0733 e. The van der Waals surface area contributed by atoms with Gasteiger partial charge >= 0.3 is 0 Å². The van der Waals surface area contributed by atoms with Crippen LogP contribution in [0.2, 0.25) is 0 Å². The third kappa shape index (κ3) is 3.11. The van der Waals surface area contributed by atoms with E-state index < -0.39 is 0 Å². The number of aliphatic hydroxyl groups excluding tert-OH is 1. The first-order chi connectivity index (χ1) is 9.83. The SMILES string of the molecule is OC1CNCCC1C1=CN(Cc2ccccc2)CC=C1. The van der Waals surface area contributed by atoms with Crippen LogP contribution in [0.5, 0.6) is 0 Å². The van der Waals surface area contributed by atoms with Crippen LogP contribution in [0.1, 0.15) is 12.0 Å². The third-order valence-corrected chi connectivity index (χ3v) is 4.09. The molecule has 20 heavy (non-hydrogen) atoms. The molecule has 2 heterocycles. The Morgan fingerprint density at radius 1 is 1.25 bits per heavy atom. The van der Waals surface area contributed by atoms with Crippen molar-refractivity contribution in [3.05, 3.63) is 59.8 Å². The average molecular weight is 270 g/mol. The van der Waals surface area contributed by atoms with E-state index >= 15 is 0 Å². The number of nitrogens with one attached hydrogen (secondary N) is 1. The summed E-state index contributed by atoms with van der Waals surface area (Å²) >= 11 is 0. The zero-order chi connectivity index (χ0) is 13.8. The Morgan fingerprint density at radius 3 is 2.90 bits per heavy atom. The van der Waals surface area contributed by atoms with Gasteiger partial charge in [-0.05, 0) is 24.1 Å². The lowest BCUT2D eigenvalue weighted by molar-refractivity contribution is 0.0999. The zero-order valence-electron chi connectivity index (χ0n) is 11.7. The van der Waals surface area contributed by atoms with Gasteiger partial charge in [0.25, 0.3) is 0 Å². The Balaban J connectivity index is 1.70.